The number of anilines is 1. The maximum atomic E-state index is 11.4. The molecule has 1 aromatic rings. The predicted molar refractivity (Wildman–Crippen MR) is 72.2 cm³/mol. The molecular weight excluding hydrogens is 210 g/mol. The molecule has 0 atom stereocenters. The second kappa shape index (κ2) is 4.02. The highest BCUT2D eigenvalue weighted by molar-refractivity contribution is 5.96. The van der Waals surface area contributed by atoms with E-state index in [0.29, 0.717) is 6.42 Å². The maximum absolute atomic E-state index is 11.4. The van der Waals surface area contributed by atoms with Crippen LogP contribution in [0.15, 0.2) is 18.7 Å². The molecule has 1 amide bonds. The molecule has 2 rings (SSSR count). The molecule has 0 spiro atoms. The Morgan fingerprint density at radius 3 is 2.59 bits per heavy atom. The Balaban J connectivity index is 2.58. The van der Waals surface area contributed by atoms with Crippen LogP contribution in [0.3, 0.4) is 0 Å². The van der Waals surface area contributed by atoms with Crippen molar-refractivity contribution < 1.29 is 4.79 Å². The van der Waals surface area contributed by atoms with Gasteiger partial charge in [-0.05, 0) is 34.6 Å². The fraction of sp³-hybridized carbons (Fsp3) is 0.400. The van der Waals surface area contributed by atoms with Crippen molar-refractivity contribution in [1.82, 2.24) is 0 Å². The lowest BCUT2D eigenvalue weighted by Crippen LogP contribution is -2.21. The van der Waals surface area contributed by atoms with Gasteiger partial charge < -0.3 is 5.32 Å². The smallest absolute Gasteiger partial charge is 0.224 e. The molecular formula is C15H19NO. The van der Waals surface area contributed by atoms with Gasteiger partial charge in [0.15, 0.2) is 0 Å². The van der Waals surface area contributed by atoms with Crippen LogP contribution in [-0.4, -0.2) is 5.91 Å². The molecule has 0 unspecified atom stereocenters. The van der Waals surface area contributed by atoms with Crippen LogP contribution in [0.1, 0.15) is 43.9 Å². The molecule has 0 radical (unpaired) electrons. The summed E-state index contributed by atoms with van der Waals surface area (Å²) in [5, 5.41) is 2.95. The quantitative estimate of drug-likeness (QED) is 0.784. The monoisotopic (exact) mass is 229 g/mol. The molecule has 0 aliphatic carbocycles. The zero-order valence-corrected chi connectivity index (χ0v) is 10.8. The molecule has 0 saturated carbocycles. The largest absolute Gasteiger partial charge is 0.325 e. The molecule has 1 aliphatic rings. The third-order valence-electron chi connectivity index (χ3n) is 3.22. The maximum Gasteiger partial charge on any atom is 0.224 e. The minimum Gasteiger partial charge on any atom is -0.325 e. The van der Waals surface area contributed by atoms with E-state index in [1.54, 1.807) is 0 Å². The van der Waals surface area contributed by atoms with Crippen molar-refractivity contribution in [2.45, 2.75) is 39.0 Å². The van der Waals surface area contributed by atoms with Crippen molar-refractivity contribution in [3.8, 4) is 0 Å². The minimum absolute atomic E-state index is 0.101. The number of aryl methyl sites for hydroxylation is 1. The van der Waals surface area contributed by atoms with Crippen LogP contribution in [0.5, 0.6) is 0 Å². The summed E-state index contributed by atoms with van der Waals surface area (Å²) < 4.78 is 0. The van der Waals surface area contributed by atoms with E-state index in [2.05, 4.69) is 44.8 Å². The van der Waals surface area contributed by atoms with Gasteiger partial charge in [-0.25, -0.2) is 0 Å². The molecule has 1 aromatic carbocycles. The zero-order chi connectivity index (χ0) is 12.6. The first-order valence-electron chi connectivity index (χ1n) is 6.01. The third-order valence-corrected chi connectivity index (χ3v) is 3.22. The average molecular weight is 229 g/mol. The molecule has 90 valence electrons. The topological polar surface area (TPSA) is 29.1 Å². The summed E-state index contributed by atoms with van der Waals surface area (Å²) in [6.07, 6.45) is 3.22. The van der Waals surface area contributed by atoms with Crippen molar-refractivity contribution >= 4 is 17.7 Å². The number of fused-ring (bicyclic) bond motifs is 1. The van der Waals surface area contributed by atoms with Gasteiger partial charge in [0.25, 0.3) is 0 Å². The highest BCUT2D eigenvalue weighted by Crippen LogP contribution is 2.33. The highest BCUT2D eigenvalue weighted by atomic mass is 16.1. The Morgan fingerprint density at radius 2 is 2.00 bits per heavy atom. The second-order valence-corrected chi connectivity index (χ2v) is 5.60. The molecule has 0 aromatic heterocycles. The molecule has 17 heavy (non-hydrogen) atoms. The van der Waals surface area contributed by atoms with E-state index < -0.39 is 0 Å². The normalized spacial score (nSPS) is 15.1. The second-order valence-electron chi connectivity index (χ2n) is 5.60. The molecule has 0 bridgehead atoms. The first-order valence-corrected chi connectivity index (χ1v) is 6.01. The Morgan fingerprint density at radius 1 is 1.29 bits per heavy atom. The molecule has 2 nitrogen and oxygen atoms in total. The number of nitrogens with one attached hydrogen (secondary N) is 1. The number of carbonyl (C=O) groups excluding carboxylic acids is 1. The third kappa shape index (κ3) is 2.26. The van der Waals surface area contributed by atoms with Crippen LogP contribution >= 0.6 is 0 Å². The minimum atomic E-state index is 0.101. The lowest BCUT2D eigenvalue weighted by molar-refractivity contribution is -0.116. The molecule has 2 heteroatoms. The van der Waals surface area contributed by atoms with E-state index in [4.69, 9.17) is 0 Å². The van der Waals surface area contributed by atoms with E-state index in [9.17, 15) is 4.79 Å². The van der Waals surface area contributed by atoms with Gasteiger partial charge in [0.05, 0.1) is 5.69 Å². The summed E-state index contributed by atoms with van der Waals surface area (Å²) in [5.74, 6) is 0.101. The van der Waals surface area contributed by atoms with Gasteiger partial charge in [-0.15, -0.1) is 0 Å². The highest BCUT2D eigenvalue weighted by Gasteiger charge is 2.21. The van der Waals surface area contributed by atoms with Gasteiger partial charge in [0.1, 0.15) is 0 Å². The predicted octanol–water partition coefficient (Wildman–Crippen LogP) is 3.51. The van der Waals surface area contributed by atoms with Gasteiger partial charge in [-0.3, -0.25) is 4.79 Å². The number of benzene rings is 1. The molecule has 1 aliphatic heterocycles. The van der Waals surface area contributed by atoms with Gasteiger partial charge in [-0.2, -0.15) is 0 Å². The first kappa shape index (κ1) is 11.9. The van der Waals surface area contributed by atoms with Crippen LogP contribution in [-0.2, 0) is 16.6 Å². The summed E-state index contributed by atoms with van der Waals surface area (Å²) in [5.41, 5.74) is 4.62. The number of hydrogen-bond acceptors (Lipinski definition) is 1. The van der Waals surface area contributed by atoms with E-state index in [-0.39, 0.29) is 11.3 Å². The Kier molecular flexibility index (Phi) is 2.82. The number of carbonyl (C=O) groups is 1. The first-order chi connectivity index (χ1) is 7.91. The average Bonchev–Trinajstić information content (AvgIpc) is 2.26. The van der Waals surface area contributed by atoms with Crippen LogP contribution in [0.2, 0.25) is 0 Å². The Bertz CT molecular complexity index is 480. The number of amides is 1. The van der Waals surface area contributed by atoms with Gasteiger partial charge >= 0.3 is 0 Å². The molecule has 0 saturated heterocycles. The SMILES string of the molecule is C=Cc1cc(C(C)(C)C)cc2c1NC(=O)CC2. The summed E-state index contributed by atoms with van der Waals surface area (Å²) >= 11 is 0. The number of rotatable bonds is 1. The number of hydrogen-bond donors (Lipinski definition) is 1. The lowest BCUT2D eigenvalue weighted by atomic mass is 9.83. The zero-order valence-electron chi connectivity index (χ0n) is 10.8. The summed E-state index contributed by atoms with van der Waals surface area (Å²) in [6.45, 7) is 10.4. The Labute approximate surface area is 103 Å². The molecule has 0 fully saturated rings. The van der Waals surface area contributed by atoms with Gasteiger partial charge in [-0.1, -0.05) is 39.5 Å². The van der Waals surface area contributed by atoms with Gasteiger partial charge in [0, 0.05) is 6.42 Å². The van der Waals surface area contributed by atoms with Crippen molar-refractivity contribution in [2.75, 3.05) is 5.32 Å². The van der Waals surface area contributed by atoms with Crippen LogP contribution < -0.4 is 5.32 Å². The fourth-order valence-corrected chi connectivity index (χ4v) is 2.12. The molecule has 1 heterocycles. The van der Waals surface area contributed by atoms with Crippen molar-refractivity contribution in [3.05, 3.63) is 35.4 Å². The van der Waals surface area contributed by atoms with Crippen molar-refractivity contribution in [1.29, 1.82) is 0 Å². The van der Waals surface area contributed by atoms with E-state index in [1.807, 2.05) is 6.08 Å². The van der Waals surface area contributed by atoms with Crippen LogP contribution in [0.4, 0.5) is 5.69 Å². The summed E-state index contributed by atoms with van der Waals surface area (Å²) in [4.78, 5) is 11.4. The summed E-state index contributed by atoms with van der Waals surface area (Å²) in [7, 11) is 0. The van der Waals surface area contributed by atoms with E-state index >= 15 is 0 Å². The van der Waals surface area contributed by atoms with Gasteiger partial charge in [0.2, 0.25) is 5.91 Å². The Hall–Kier alpha value is -1.57. The lowest BCUT2D eigenvalue weighted by Gasteiger charge is -2.25. The van der Waals surface area contributed by atoms with Crippen molar-refractivity contribution in [2.24, 2.45) is 0 Å². The van der Waals surface area contributed by atoms with E-state index in [0.717, 1.165) is 17.7 Å². The standard InChI is InChI=1S/C15H19NO/c1-5-10-8-12(15(2,3)4)9-11-6-7-13(17)16-14(10)11/h5,8-9H,1,6-7H2,2-4H3,(H,16,17). The van der Waals surface area contributed by atoms with E-state index in [1.165, 1.54) is 11.1 Å². The fourth-order valence-electron chi connectivity index (χ4n) is 2.12. The molecule has 1 N–H and O–H groups in total. The van der Waals surface area contributed by atoms with Crippen LogP contribution in [0.25, 0.3) is 6.08 Å². The summed E-state index contributed by atoms with van der Waals surface area (Å²) in [6, 6.07) is 4.33. The van der Waals surface area contributed by atoms with Crippen molar-refractivity contribution in [3.63, 3.8) is 0 Å². The van der Waals surface area contributed by atoms with Crippen LogP contribution in [0, 0.1) is 0 Å².